The molecule has 0 aromatic heterocycles. The summed E-state index contributed by atoms with van der Waals surface area (Å²) < 4.78 is 0. The highest BCUT2D eigenvalue weighted by atomic mass is 16.2. The van der Waals surface area contributed by atoms with Gasteiger partial charge in [-0.25, -0.2) is 0 Å². The average molecular weight is 408 g/mol. The van der Waals surface area contributed by atoms with Crippen molar-refractivity contribution in [1.82, 2.24) is 10.6 Å². The minimum atomic E-state index is -0.0665. The molecule has 30 heavy (non-hydrogen) atoms. The van der Waals surface area contributed by atoms with Crippen LogP contribution in [0.3, 0.4) is 0 Å². The van der Waals surface area contributed by atoms with E-state index in [0.29, 0.717) is 6.54 Å². The molecule has 2 aromatic carbocycles. The number of amides is 1. The van der Waals surface area contributed by atoms with Crippen LogP contribution in [-0.2, 0) is 17.6 Å². The largest absolute Gasteiger partial charge is 0.370 e. The van der Waals surface area contributed by atoms with Gasteiger partial charge in [0.05, 0.1) is 0 Å². The lowest BCUT2D eigenvalue weighted by molar-refractivity contribution is -0.121. The Kier molecular flexibility index (Phi) is 8.03. The van der Waals surface area contributed by atoms with Crippen LogP contribution in [0, 0.1) is 6.92 Å². The molecule has 1 amide bonds. The van der Waals surface area contributed by atoms with Crippen LogP contribution >= 0.6 is 0 Å². The van der Waals surface area contributed by atoms with Gasteiger partial charge >= 0.3 is 0 Å². The van der Waals surface area contributed by atoms with Crippen molar-refractivity contribution in [3.05, 3.63) is 64.7 Å². The number of Topliss-reactive ketones (excluding diaryl/α,β-unsaturated/α-hetero) is 1. The standard InChI is InChI=1S/C25H33N3O2/c1-3-28(23-7-5-4-6-19(23)2)17-16-27-25(30)11-10-24(29)22-9-8-20-12-14-26-15-13-21(20)18-22/h4-9,18,26H,3,10-17H2,1-2H3,(H,27,30). The number of anilines is 1. The highest BCUT2D eigenvalue weighted by Crippen LogP contribution is 2.19. The van der Waals surface area contributed by atoms with Crippen LogP contribution in [0.4, 0.5) is 5.69 Å². The van der Waals surface area contributed by atoms with E-state index in [1.807, 2.05) is 24.3 Å². The van der Waals surface area contributed by atoms with Gasteiger partial charge in [-0.05, 0) is 68.6 Å². The quantitative estimate of drug-likeness (QED) is 0.626. The first-order valence-electron chi connectivity index (χ1n) is 11.0. The molecule has 160 valence electrons. The molecule has 1 aliphatic heterocycles. The van der Waals surface area contributed by atoms with Gasteiger partial charge in [-0.15, -0.1) is 0 Å². The number of carbonyl (C=O) groups is 2. The van der Waals surface area contributed by atoms with Gasteiger partial charge in [-0.1, -0.05) is 30.3 Å². The number of para-hydroxylation sites is 1. The number of nitrogens with one attached hydrogen (secondary N) is 2. The number of nitrogens with zero attached hydrogens (tertiary/aromatic N) is 1. The van der Waals surface area contributed by atoms with Crippen LogP contribution in [0.5, 0.6) is 0 Å². The second-order valence-corrected chi connectivity index (χ2v) is 7.87. The Balaban J connectivity index is 1.45. The van der Waals surface area contributed by atoms with E-state index in [2.05, 4.69) is 47.6 Å². The average Bonchev–Trinajstić information content (AvgIpc) is 3.00. The van der Waals surface area contributed by atoms with Gasteiger partial charge < -0.3 is 15.5 Å². The Labute approximate surface area is 179 Å². The monoisotopic (exact) mass is 407 g/mol. The number of hydrogen-bond acceptors (Lipinski definition) is 4. The molecule has 0 bridgehead atoms. The van der Waals surface area contributed by atoms with E-state index in [1.165, 1.54) is 22.4 Å². The normalized spacial score (nSPS) is 13.3. The number of ketones is 1. The maximum atomic E-state index is 12.6. The highest BCUT2D eigenvalue weighted by molar-refractivity contribution is 5.98. The van der Waals surface area contributed by atoms with E-state index >= 15 is 0 Å². The number of fused-ring (bicyclic) bond motifs is 1. The predicted molar refractivity (Wildman–Crippen MR) is 122 cm³/mol. The highest BCUT2D eigenvalue weighted by Gasteiger charge is 2.14. The van der Waals surface area contributed by atoms with Gasteiger partial charge in [0, 0.05) is 43.7 Å². The Bertz CT molecular complexity index is 878. The van der Waals surface area contributed by atoms with Crippen LogP contribution in [0.25, 0.3) is 0 Å². The summed E-state index contributed by atoms with van der Waals surface area (Å²) in [4.78, 5) is 27.1. The minimum Gasteiger partial charge on any atom is -0.370 e. The lowest BCUT2D eigenvalue weighted by Gasteiger charge is -2.25. The summed E-state index contributed by atoms with van der Waals surface area (Å²) >= 11 is 0. The van der Waals surface area contributed by atoms with Gasteiger partial charge in [-0.3, -0.25) is 9.59 Å². The number of benzene rings is 2. The molecule has 0 spiro atoms. The van der Waals surface area contributed by atoms with Crippen LogP contribution in [0.15, 0.2) is 42.5 Å². The van der Waals surface area contributed by atoms with Gasteiger partial charge in [0.2, 0.25) is 5.91 Å². The van der Waals surface area contributed by atoms with Gasteiger partial charge in [0.1, 0.15) is 0 Å². The molecule has 0 aliphatic carbocycles. The summed E-state index contributed by atoms with van der Waals surface area (Å²) in [5.74, 6) is -0.0246. The Hall–Kier alpha value is -2.66. The van der Waals surface area contributed by atoms with E-state index < -0.39 is 0 Å². The fraction of sp³-hybridized carbons (Fsp3) is 0.440. The summed E-state index contributed by atoms with van der Waals surface area (Å²) in [5, 5.41) is 6.35. The molecule has 0 unspecified atom stereocenters. The van der Waals surface area contributed by atoms with Crippen molar-refractivity contribution in [2.75, 3.05) is 37.6 Å². The van der Waals surface area contributed by atoms with Crippen molar-refractivity contribution in [2.24, 2.45) is 0 Å². The van der Waals surface area contributed by atoms with E-state index in [9.17, 15) is 9.59 Å². The first kappa shape index (κ1) is 22.0. The fourth-order valence-electron chi connectivity index (χ4n) is 4.00. The maximum absolute atomic E-state index is 12.6. The van der Waals surface area contributed by atoms with Gasteiger partial charge in [-0.2, -0.15) is 0 Å². The lowest BCUT2D eigenvalue weighted by Crippen LogP contribution is -2.35. The molecule has 3 rings (SSSR count). The maximum Gasteiger partial charge on any atom is 0.220 e. The second-order valence-electron chi connectivity index (χ2n) is 7.87. The molecule has 1 aliphatic rings. The van der Waals surface area contributed by atoms with Crippen molar-refractivity contribution in [1.29, 1.82) is 0 Å². The molecular formula is C25H33N3O2. The molecule has 2 N–H and O–H groups in total. The molecule has 0 atom stereocenters. The lowest BCUT2D eigenvalue weighted by atomic mass is 9.97. The molecule has 5 heteroatoms. The molecule has 0 fully saturated rings. The molecule has 0 saturated carbocycles. The number of aryl methyl sites for hydroxylation is 1. The first-order valence-corrected chi connectivity index (χ1v) is 11.0. The van der Waals surface area contributed by atoms with Crippen molar-refractivity contribution >= 4 is 17.4 Å². The Morgan fingerprint density at radius 1 is 1.03 bits per heavy atom. The Morgan fingerprint density at radius 3 is 2.57 bits per heavy atom. The summed E-state index contributed by atoms with van der Waals surface area (Å²) in [7, 11) is 0. The van der Waals surface area contributed by atoms with E-state index in [4.69, 9.17) is 0 Å². The molecular weight excluding hydrogens is 374 g/mol. The third-order valence-corrected chi connectivity index (χ3v) is 5.79. The first-order chi connectivity index (χ1) is 14.6. The van der Waals surface area contributed by atoms with Crippen LogP contribution in [0.2, 0.25) is 0 Å². The molecule has 1 heterocycles. The summed E-state index contributed by atoms with van der Waals surface area (Å²) in [6.07, 6.45) is 2.43. The van der Waals surface area contributed by atoms with E-state index in [1.54, 1.807) is 0 Å². The number of rotatable bonds is 9. The minimum absolute atomic E-state index is 0.0419. The third-order valence-electron chi connectivity index (χ3n) is 5.79. The van der Waals surface area contributed by atoms with Crippen molar-refractivity contribution in [2.45, 2.75) is 39.5 Å². The zero-order valence-corrected chi connectivity index (χ0v) is 18.2. The van der Waals surface area contributed by atoms with Gasteiger partial charge in [0.25, 0.3) is 0 Å². The van der Waals surface area contributed by atoms with Crippen molar-refractivity contribution in [3.63, 3.8) is 0 Å². The number of carbonyl (C=O) groups excluding carboxylic acids is 2. The smallest absolute Gasteiger partial charge is 0.220 e. The fourth-order valence-corrected chi connectivity index (χ4v) is 4.00. The topological polar surface area (TPSA) is 61.4 Å². The predicted octanol–water partition coefficient (Wildman–Crippen LogP) is 3.29. The molecule has 2 aromatic rings. The van der Waals surface area contributed by atoms with Crippen molar-refractivity contribution in [3.8, 4) is 0 Å². The van der Waals surface area contributed by atoms with Gasteiger partial charge in [0.15, 0.2) is 5.78 Å². The van der Waals surface area contributed by atoms with Crippen LogP contribution in [0.1, 0.15) is 46.8 Å². The molecule has 0 saturated heterocycles. The number of likely N-dealkylation sites (N-methyl/N-ethyl adjacent to an activating group) is 1. The SMILES string of the molecule is CCN(CCNC(=O)CCC(=O)c1ccc2c(c1)CCNCC2)c1ccccc1C. The van der Waals surface area contributed by atoms with Crippen LogP contribution < -0.4 is 15.5 Å². The zero-order chi connectivity index (χ0) is 21.3. The molecule has 0 radical (unpaired) electrons. The van der Waals surface area contributed by atoms with E-state index in [-0.39, 0.29) is 24.5 Å². The summed E-state index contributed by atoms with van der Waals surface area (Å²) in [6, 6.07) is 14.3. The van der Waals surface area contributed by atoms with E-state index in [0.717, 1.165) is 44.6 Å². The second kappa shape index (κ2) is 10.9. The summed E-state index contributed by atoms with van der Waals surface area (Å²) in [6.45, 7) is 8.35. The van der Waals surface area contributed by atoms with Crippen molar-refractivity contribution < 1.29 is 9.59 Å². The molecule has 5 nitrogen and oxygen atoms in total. The zero-order valence-electron chi connectivity index (χ0n) is 18.2. The van der Waals surface area contributed by atoms with Crippen LogP contribution in [-0.4, -0.2) is 44.4 Å². The summed E-state index contributed by atoms with van der Waals surface area (Å²) in [5.41, 5.74) is 5.73. The Morgan fingerprint density at radius 2 is 1.80 bits per heavy atom. The number of hydrogen-bond donors (Lipinski definition) is 2. The third kappa shape index (κ3) is 5.92.